The number of carbonyl (C=O) groups excluding carboxylic acids is 1. The molecule has 0 unspecified atom stereocenters. The molecule has 1 rings (SSSR count). The van der Waals surface area contributed by atoms with Crippen LogP contribution < -0.4 is 5.73 Å². The molecule has 0 heterocycles. The second kappa shape index (κ2) is 7.09. The van der Waals surface area contributed by atoms with E-state index in [9.17, 15) is 9.18 Å². The molecule has 0 spiro atoms. The third-order valence-corrected chi connectivity index (χ3v) is 2.72. The van der Waals surface area contributed by atoms with Gasteiger partial charge < -0.3 is 15.4 Å². The highest BCUT2D eigenvalue weighted by Crippen LogP contribution is 2.18. The van der Waals surface area contributed by atoms with Gasteiger partial charge in [0.15, 0.2) is 0 Å². The van der Waals surface area contributed by atoms with E-state index < -0.39 is 5.82 Å². The van der Waals surface area contributed by atoms with Crippen molar-refractivity contribution in [3.05, 3.63) is 29.6 Å². The van der Waals surface area contributed by atoms with Crippen LogP contribution in [-0.2, 0) is 4.74 Å². The molecule has 0 aromatic heterocycles. The van der Waals surface area contributed by atoms with E-state index in [-0.39, 0.29) is 17.2 Å². The summed E-state index contributed by atoms with van der Waals surface area (Å²) in [6.45, 7) is 5.51. The molecule has 1 aromatic carbocycles. The number of nitrogen functional groups attached to an aromatic ring is 1. The Bertz CT molecular complexity index is 435. The summed E-state index contributed by atoms with van der Waals surface area (Å²) in [6, 6.07) is 4.28. The van der Waals surface area contributed by atoms with Crippen molar-refractivity contribution < 1.29 is 13.9 Å². The van der Waals surface area contributed by atoms with Gasteiger partial charge >= 0.3 is 0 Å². The second-order valence-corrected chi connectivity index (χ2v) is 4.84. The maximum absolute atomic E-state index is 13.4. The Labute approximate surface area is 113 Å². The number of anilines is 1. The van der Waals surface area contributed by atoms with Gasteiger partial charge in [0.1, 0.15) is 5.82 Å². The lowest BCUT2D eigenvalue weighted by atomic mass is 10.1. The first-order valence-corrected chi connectivity index (χ1v) is 6.29. The van der Waals surface area contributed by atoms with Crippen molar-refractivity contribution in [2.75, 3.05) is 32.5 Å². The number of ether oxygens (including phenoxy) is 1. The fourth-order valence-electron chi connectivity index (χ4n) is 1.81. The van der Waals surface area contributed by atoms with Crippen LogP contribution in [0.3, 0.4) is 0 Å². The van der Waals surface area contributed by atoms with Crippen molar-refractivity contribution in [3.8, 4) is 0 Å². The zero-order chi connectivity index (χ0) is 14.4. The van der Waals surface area contributed by atoms with E-state index in [0.717, 1.165) is 0 Å². The number of carbonyl (C=O) groups is 1. The number of rotatable bonds is 6. The van der Waals surface area contributed by atoms with Gasteiger partial charge in [0.2, 0.25) is 0 Å². The summed E-state index contributed by atoms with van der Waals surface area (Å²) in [6.07, 6.45) is 0. The smallest absolute Gasteiger partial charge is 0.256 e. The molecular weight excluding hydrogens is 247 g/mol. The lowest BCUT2D eigenvalue weighted by molar-refractivity contribution is 0.0673. The molecule has 19 heavy (non-hydrogen) atoms. The first kappa shape index (κ1) is 15.4. The van der Waals surface area contributed by atoms with Crippen molar-refractivity contribution in [2.24, 2.45) is 5.92 Å². The van der Waals surface area contributed by atoms with Gasteiger partial charge in [0, 0.05) is 20.2 Å². The highest BCUT2D eigenvalue weighted by molar-refractivity contribution is 5.99. The largest absolute Gasteiger partial charge is 0.396 e. The maximum Gasteiger partial charge on any atom is 0.256 e. The number of methoxy groups -OCH3 is 1. The molecule has 4 nitrogen and oxygen atoms in total. The second-order valence-electron chi connectivity index (χ2n) is 4.84. The van der Waals surface area contributed by atoms with E-state index in [2.05, 4.69) is 0 Å². The first-order chi connectivity index (χ1) is 8.97. The lowest BCUT2D eigenvalue weighted by Crippen LogP contribution is -2.37. The van der Waals surface area contributed by atoms with Crippen LogP contribution in [0.5, 0.6) is 0 Å². The average molecular weight is 268 g/mol. The van der Waals surface area contributed by atoms with Crippen LogP contribution in [0, 0.1) is 11.7 Å². The van der Waals surface area contributed by atoms with Crippen LogP contribution >= 0.6 is 0 Å². The van der Waals surface area contributed by atoms with Gasteiger partial charge in [-0.2, -0.15) is 0 Å². The topological polar surface area (TPSA) is 55.6 Å². The van der Waals surface area contributed by atoms with Crippen LogP contribution in [0.2, 0.25) is 0 Å². The van der Waals surface area contributed by atoms with E-state index in [1.807, 2.05) is 13.8 Å². The van der Waals surface area contributed by atoms with Crippen molar-refractivity contribution in [3.63, 3.8) is 0 Å². The molecule has 0 atom stereocenters. The summed E-state index contributed by atoms with van der Waals surface area (Å²) in [4.78, 5) is 14.0. The SMILES string of the molecule is COCCN(CC(C)C)C(=O)c1cccc(F)c1N. The van der Waals surface area contributed by atoms with Crippen LogP contribution in [-0.4, -0.2) is 37.6 Å². The standard InChI is InChI=1S/C14H21FN2O2/c1-10(2)9-17(7-8-19-3)14(18)11-5-4-6-12(15)13(11)16/h4-6,10H,7-9,16H2,1-3H3. The predicted molar refractivity (Wildman–Crippen MR) is 73.4 cm³/mol. The molecular formula is C14H21FN2O2. The van der Waals surface area contributed by atoms with Crippen LogP contribution in [0.25, 0.3) is 0 Å². The van der Waals surface area contributed by atoms with Crippen molar-refractivity contribution in [2.45, 2.75) is 13.8 Å². The summed E-state index contributed by atoms with van der Waals surface area (Å²) in [5.74, 6) is -0.513. The average Bonchev–Trinajstić information content (AvgIpc) is 2.36. The first-order valence-electron chi connectivity index (χ1n) is 6.29. The fourth-order valence-corrected chi connectivity index (χ4v) is 1.81. The molecule has 0 bridgehead atoms. The third kappa shape index (κ3) is 4.21. The highest BCUT2D eigenvalue weighted by Gasteiger charge is 2.20. The summed E-state index contributed by atoms with van der Waals surface area (Å²) < 4.78 is 18.4. The highest BCUT2D eigenvalue weighted by atomic mass is 19.1. The molecule has 5 heteroatoms. The maximum atomic E-state index is 13.4. The quantitative estimate of drug-likeness (QED) is 0.804. The number of benzene rings is 1. The molecule has 2 N–H and O–H groups in total. The zero-order valence-electron chi connectivity index (χ0n) is 11.6. The fraction of sp³-hybridized carbons (Fsp3) is 0.500. The van der Waals surface area contributed by atoms with E-state index in [1.54, 1.807) is 18.1 Å². The Balaban J connectivity index is 2.94. The number of amides is 1. The van der Waals surface area contributed by atoms with Gasteiger partial charge in [-0.05, 0) is 18.1 Å². The molecule has 0 saturated carbocycles. The molecule has 0 radical (unpaired) electrons. The van der Waals surface area contributed by atoms with Gasteiger partial charge in [0.25, 0.3) is 5.91 Å². The molecule has 0 fully saturated rings. The van der Waals surface area contributed by atoms with E-state index >= 15 is 0 Å². The molecule has 106 valence electrons. The number of nitrogens with two attached hydrogens (primary N) is 1. The number of hydrogen-bond donors (Lipinski definition) is 1. The molecule has 1 amide bonds. The minimum Gasteiger partial charge on any atom is -0.396 e. The number of nitrogens with zero attached hydrogens (tertiary/aromatic N) is 1. The van der Waals surface area contributed by atoms with E-state index in [4.69, 9.17) is 10.5 Å². The molecule has 0 aliphatic heterocycles. The minimum atomic E-state index is -0.568. The van der Waals surface area contributed by atoms with Gasteiger partial charge in [-0.15, -0.1) is 0 Å². The Kier molecular flexibility index (Phi) is 5.76. The Morgan fingerprint density at radius 1 is 1.47 bits per heavy atom. The summed E-state index contributed by atoms with van der Waals surface area (Å²) in [5, 5.41) is 0. The van der Waals surface area contributed by atoms with E-state index in [1.165, 1.54) is 12.1 Å². The van der Waals surface area contributed by atoms with Crippen molar-refractivity contribution >= 4 is 11.6 Å². The summed E-state index contributed by atoms with van der Waals surface area (Å²) >= 11 is 0. The van der Waals surface area contributed by atoms with Gasteiger partial charge in [-0.1, -0.05) is 19.9 Å². The van der Waals surface area contributed by atoms with Crippen LogP contribution in [0.4, 0.5) is 10.1 Å². The normalized spacial score (nSPS) is 10.8. The summed E-state index contributed by atoms with van der Waals surface area (Å²) in [7, 11) is 1.58. The molecule has 1 aromatic rings. The van der Waals surface area contributed by atoms with Gasteiger partial charge in [-0.3, -0.25) is 4.79 Å². The number of para-hydroxylation sites is 1. The van der Waals surface area contributed by atoms with Crippen molar-refractivity contribution in [1.29, 1.82) is 0 Å². The number of halogens is 1. The minimum absolute atomic E-state index is 0.0985. The van der Waals surface area contributed by atoms with E-state index in [0.29, 0.717) is 25.6 Å². The van der Waals surface area contributed by atoms with Gasteiger partial charge in [-0.25, -0.2) is 4.39 Å². The monoisotopic (exact) mass is 268 g/mol. The van der Waals surface area contributed by atoms with Crippen LogP contribution in [0.1, 0.15) is 24.2 Å². The van der Waals surface area contributed by atoms with Crippen molar-refractivity contribution in [1.82, 2.24) is 4.90 Å². The lowest BCUT2D eigenvalue weighted by Gasteiger charge is -2.25. The Hall–Kier alpha value is -1.62. The predicted octanol–water partition coefficient (Wildman–Crippen LogP) is 2.15. The Morgan fingerprint density at radius 2 is 2.16 bits per heavy atom. The summed E-state index contributed by atoms with van der Waals surface area (Å²) in [5.41, 5.74) is 5.73. The molecule has 0 aliphatic rings. The van der Waals surface area contributed by atoms with Crippen LogP contribution in [0.15, 0.2) is 18.2 Å². The molecule has 0 saturated heterocycles. The zero-order valence-corrected chi connectivity index (χ0v) is 11.6. The van der Waals surface area contributed by atoms with Gasteiger partial charge in [0.05, 0.1) is 17.9 Å². The number of hydrogen-bond acceptors (Lipinski definition) is 3. The molecule has 0 aliphatic carbocycles. The third-order valence-electron chi connectivity index (χ3n) is 2.72. The Morgan fingerprint density at radius 3 is 2.74 bits per heavy atom.